The van der Waals surface area contributed by atoms with Gasteiger partial charge in [-0.1, -0.05) is 41.9 Å². The summed E-state index contributed by atoms with van der Waals surface area (Å²) >= 11 is 7.55. The number of nitrogens with one attached hydrogen (secondary N) is 1. The van der Waals surface area contributed by atoms with Gasteiger partial charge in [0.2, 0.25) is 5.91 Å². The van der Waals surface area contributed by atoms with Gasteiger partial charge in [-0.15, -0.1) is 11.8 Å². The summed E-state index contributed by atoms with van der Waals surface area (Å²) in [6, 6.07) is 17.5. The largest absolute Gasteiger partial charge is 0.354 e. The topological polar surface area (TPSA) is 46.9 Å². The van der Waals surface area contributed by atoms with Gasteiger partial charge in [0.05, 0.1) is 0 Å². The quantitative estimate of drug-likeness (QED) is 0.502. The fourth-order valence-corrected chi connectivity index (χ4v) is 3.28. The summed E-state index contributed by atoms with van der Waals surface area (Å²) in [7, 11) is 0. The second-order valence-corrected chi connectivity index (χ2v) is 7.00. The van der Waals surface area contributed by atoms with Crippen molar-refractivity contribution in [3.63, 3.8) is 0 Å². The van der Waals surface area contributed by atoms with E-state index in [0.29, 0.717) is 6.54 Å². The second-order valence-electron chi connectivity index (χ2n) is 5.40. The average molecular weight is 372 g/mol. The summed E-state index contributed by atoms with van der Waals surface area (Å²) in [5, 5.41) is 3.68. The molecule has 0 atom stereocenters. The van der Waals surface area contributed by atoms with Crippen LogP contribution in [-0.4, -0.2) is 27.8 Å². The third-order valence-corrected chi connectivity index (χ3v) is 4.83. The first kappa shape index (κ1) is 17.6. The lowest BCUT2D eigenvalue weighted by Gasteiger charge is -2.09. The van der Waals surface area contributed by atoms with Crippen molar-refractivity contribution in [2.45, 2.75) is 11.4 Å². The molecule has 0 saturated heterocycles. The zero-order chi connectivity index (χ0) is 17.5. The van der Waals surface area contributed by atoms with E-state index in [4.69, 9.17) is 11.6 Å². The van der Waals surface area contributed by atoms with E-state index in [9.17, 15) is 4.79 Å². The number of rotatable bonds is 7. The van der Waals surface area contributed by atoms with Crippen molar-refractivity contribution in [1.82, 2.24) is 14.9 Å². The van der Waals surface area contributed by atoms with Crippen LogP contribution in [0.2, 0.25) is 5.02 Å². The minimum atomic E-state index is -0.0214. The lowest BCUT2D eigenvalue weighted by molar-refractivity contribution is -0.121. The number of hydrogen-bond donors (Lipinski definition) is 1. The monoisotopic (exact) mass is 371 g/mol. The van der Waals surface area contributed by atoms with E-state index in [1.165, 1.54) is 0 Å². The van der Waals surface area contributed by atoms with Gasteiger partial charge in [-0.25, -0.2) is 4.98 Å². The van der Waals surface area contributed by atoms with Crippen molar-refractivity contribution in [3.8, 4) is 11.4 Å². The molecule has 3 rings (SSSR count). The molecule has 1 aromatic heterocycles. The molecule has 0 radical (unpaired) electrons. The number of aromatic nitrogens is 2. The van der Waals surface area contributed by atoms with Gasteiger partial charge in [0.15, 0.2) is 0 Å². The molecule has 128 valence electrons. The van der Waals surface area contributed by atoms with Crippen molar-refractivity contribution < 1.29 is 4.79 Å². The molecular weight excluding hydrogens is 354 g/mol. The minimum absolute atomic E-state index is 0.0214. The van der Waals surface area contributed by atoms with Gasteiger partial charge in [0.1, 0.15) is 12.4 Å². The summed E-state index contributed by atoms with van der Waals surface area (Å²) < 4.78 is 1.86. The van der Waals surface area contributed by atoms with Crippen LogP contribution in [0.4, 0.5) is 0 Å². The molecule has 0 spiro atoms. The van der Waals surface area contributed by atoms with Crippen LogP contribution in [0.1, 0.15) is 0 Å². The van der Waals surface area contributed by atoms with Crippen LogP contribution in [0.5, 0.6) is 0 Å². The molecular formula is C19H18ClN3OS. The van der Waals surface area contributed by atoms with Gasteiger partial charge in [-0.2, -0.15) is 0 Å². The molecule has 0 fully saturated rings. The highest BCUT2D eigenvalue weighted by atomic mass is 35.5. The lowest BCUT2D eigenvalue weighted by Crippen LogP contribution is -2.29. The van der Waals surface area contributed by atoms with E-state index in [1.54, 1.807) is 18.0 Å². The zero-order valence-corrected chi connectivity index (χ0v) is 15.1. The van der Waals surface area contributed by atoms with Gasteiger partial charge in [0, 0.05) is 40.2 Å². The molecule has 3 aromatic rings. The van der Waals surface area contributed by atoms with Crippen molar-refractivity contribution in [1.29, 1.82) is 0 Å². The molecule has 0 aliphatic carbocycles. The Labute approximate surface area is 156 Å². The van der Waals surface area contributed by atoms with E-state index >= 15 is 0 Å². The SMILES string of the molecule is O=C(Cn1ccnc1-c1ccccc1)NCCSc1ccc(Cl)cc1. The molecule has 1 N–H and O–H groups in total. The Morgan fingerprint density at radius 2 is 1.88 bits per heavy atom. The number of nitrogens with zero attached hydrogens (tertiary/aromatic N) is 2. The number of benzene rings is 2. The van der Waals surface area contributed by atoms with Crippen LogP contribution in [-0.2, 0) is 11.3 Å². The Hall–Kier alpha value is -2.24. The maximum Gasteiger partial charge on any atom is 0.240 e. The maximum atomic E-state index is 12.2. The number of hydrogen-bond acceptors (Lipinski definition) is 3. The van der Waals surface area contributed by atoms with Gasteiger partial charge >= 0.3 is 0 Å². The van der Waals surface area contributed by atoms with Crippen molar-refractivity contribution >= 4 is 29.3 Å². The third-order valence-electron chi connectivity index (χ3n) is 3.57. The number of halogens is 1. The number of amides is 1. The highest BCUT2D eigenvalue weighted by Crippen LogP contribution is 2.19. The van der Waals surface area contributed by atoms with Crippen LogP contribution in [0.3, 0.4) is 0 Å². The highest BCUT2D eigenvalue weighted by molar-refractivity contribution is 7.99. The molecule has 0 bridgehead atoms. The van der Waals surface area contributed by atoms with E-state index < -0.39 is 0 Å². The minimum Gasteiger partial charge on any atom is -0.354 e. The van der Waals surface area contributed by atoms with Crippen LogP contribution < -0.4 is 5.32 Å². The van der Waals surface area contributed by atoms with Crippen LogP contribution in [0, 0.1) is 0 Å². The van der Waals surface area contributed by atoms with Crippen molar-refractivity contribution in [3.05, 3.63) is 72.0 Å². The van der Waals surface area contributed by atoms with Gasteiger partial charge in [-0.3, -0.25) is 4.79 Å². The molecule has 0 saturated carbocycles. The number of carbonyl (C=O) groups excluding carboxylic acids is 1. The fourth-order valence-electron chi connectivity index (χ4n) is 2.39. The fraction of sp³-hybridized carbons (Fsp3) is 0.158. The lowest BCUT2D eigenvalue weighted by atomic mass is 10.2. The molecule has 2 aromatic carbocycles. The normalized spacial score (nSPS) is 10.6. The Kier molecular flexibility index (Phi) is 6.14. The highest BCUT2D eigenvalue weighted by Gasteiger charge is 2.09. The molecule has 1 heterocycles. The predicted molar refractivity (Wildman–Crippen MR) is 103 cm³/mol. The molecule has 0 aliphatic heterocycles. The summed E-state index contributed by atoms with van der Waals surface area (Å²) in [5.74, 6) is 1.58. The summed E-state index contributed by atoms with van der Waals surface area (Å²) in [6.07, 6.45) is 3.54. The van der Waals surface area contributed by atoms with Crippen LogP contribution in [0.25, 0.3) is 11.4 Å². The Morgan fingerprint density at radius 1 is 1.12 bits per heavy atom. The second kappa shape index (κ2) is 8.74. The average Bonchev–Trinajstić information content (AvgIpc) is 3.09. The van der Waals surface area contributed by atoms with E-state index in [0.717, 1.165) is 27.1 Å². The first-order valence-electron chi connectivity index (χ1n) is 7.94. The first-order valence-corrected chi connectivity index (χ1v) is 9.30. The number of thioether (sulfide) groups is 1. The van der Waals surface area contributed by atoms with Crippen molar-refractivity contribution in [2.24, 2.45) is 0 Å². The smallest absolute Gasteiger partial charge is 0.240 e. The summed E-state index contributed by atoms with van der Waals surface area (Å²) in [6.45, 7) is 0.872. The van der Waals surface area contributed by atoms with Crippen LogP contribution >= 0.6 is 23.4 Å². The molecule has 6 heteroatoms. The molecule has 0 aliphatic rings. The number of carbonyl (C=O) groups is 1. The van der Waals surface area contributed by atoms with E-state index in [-0.39, 0.29) is 12.5 Å². The third kappa shape index (κ3) is 5.11. The standard InChI is InChI=1S/C19H18ClN3OS/c20-16-6-8-17(9-7-16)25-13-11-21-18(24)14-23-12-10-22-19(23)15-4-2-1-3-5-15/h1-10,12H,11,13-14H2,(H,21,24). The summed E-state index contributed by atoms with van der Waals surface area (Å²) in [5.41, 5.74) is 0.999. The van der Waals surface area contributed by atoms with E-state index in [1.807, 2.05) is 65.4 Å². The van der Waals surface area contributed by atoms with Gasteiger partial charge < -0.3 is 9.88 Å². The molecule has 1 amide bonds. The van der Waals surface area contributed by atoms with Gasteiger partial charge in [-0.05, 0) is 24.3 Å². The summed E-state index contributed by atoms with van der Waals surface area (Å²) in [4.78, 5) is 17.7. The predicted octanol–water partition coefficient (Wildman–Crippen LogP) is 4.11. The van der Waals surface area contributed by atoms with Crippen LogP contribution in [0.15, 0.2) is 71.9 Å². The zero-order valence-electron chi connectivity index (χ0n) is 13.6. The number of imidazole rings is 1. The molecule has 0 unspecified atom stereocenters. The molecule has 25 heavy (non-hydrogen) atoms. The Balaban J connectivity index is 1.47. The van der Waals surface area contributed by atoms with Crippen molar-refractivity contribution in [2.75, 3.05) is 12.3 Å². The Morgan fingerprint density at radius 3 is 2.64 bits per heavy atom. The molecule has 4 nitrogen and oxygen atoms in total. The van der Waals surface area contributed by atoms with Gasteiger partial charge in [0.25, 0.3) is 0 Å². The van der Waals surface area contributed by atoms with E-state index in [2.05, 4.69) is 10.3 Å². The first-order chi connectivity index (χ1) is 12.2. The maximum absolute atomic E-state index is 12.2. The Bertz CT molecular complexity index is 818.